The van der Waals surface area contributed by atoms with E-state index >= 15 is 0 Å². The second-order valence-corrected chi connectivity index (χ2v) is 9.51. The van der Waals surface area contributed by atoms with Crippen LogP contribution in [0.5, 0.6) is 0 Å². The second kappa shape index (κ2) is 11.0. The van der Waals surface area contributed by atoms with E-state index in [2.05, 4.69) is 19.2 Å². The summed E-state index contributed by atoms with van der Waals surface area (Å²) in [5.41, 5.74) is 1.16. The van der Waals surface area contributed by atoms with Crippen molar-refractivity contribution in [2.75, 3.05) is 25.4 Å². The maximum absolute atomic E-state index is 13.3. The van der Waals surface area contributed by atoms with Crippen molar-refractivity contribution < 1.29 is 23.9 Å². The number of likely N-dealkylation sites (tertiary alicyclic amines) is 1. The third kappa shape index (κ3) is 6.71. The van der Waals surface area contributed by atoms with Gasteiger partial charge in [-0.25, -0.2) is 4.79 Å². The van der Waals surface area contributed by atoms with E-state index in [4.69, 9.17) is 9.47 Å². The number of thioether (sulfide) groups is 1. The first kappa shape index (κ1) is 23.6. The summed E-state index contributed by atoms with van der Waals surface area (Å²) >= 11 is 1.60. The molecule has 2 aliphatic heterocycles. The molecule has 2 heterocycles. The first-order chi connectivity index (χ1) is 14.9. The van der Waals surface area contributed by atoms with Gasteiger partial charge in [0.15, 0.2) is 12.2 Å². The van der Waals surface area contributed by atoms with Crippen LogP contribution in [0.1, 0.15) is 32.8 Å². The van der Waals surface area contributed by atoms with E-state index in [0.29, 0.717) is 30.7 Å². The third-order valence-corrected chi connectivity index (χ3v) is 6.57. The SMILES string of the molecule is CCOC(=O)[C@H]1O[C@@H]1C(=O)N[C@@H](CSCc1ccccc1)C(=O)N1CC(C)CC(C)C1. The standard InChI is InChI=1S/C23H32N2O5S/c1-4-29-23(28)20-19(30-20)21(26)24-18(14-31-13-17-8-6-5-7-9-17)22(27)25-11-15(2)10-16(3)12-25/h5-9,15-16,18-20H,4,10-14H2,1-3H3,(H,24,26)/t15?,16?,18-,19-,20-/m0/s1. The Hall–Kier alpha value is -2.06. The Bertz CT molecular complexity index is 764. The average Bonchev–Trinajstić information content (AvgIpc) is 3.54. The van der Waals surface area contributed by atoms with Gasteiger partial charge in [0.25, 0.3) is 5.91 Å². The Morgan fingerprint density at radius 1 is 1.16 bits per heavy atom. The lowest BCUT2D eigenvalue weighted by Gasteiger charge is -2.37. The van der Waals surface area contributed by atoms with Crippen molar-refractivity contribution in [1.82, 2.24) is 10.2 Å². The summed E-state index contributed by atoms with van der Waals surface area (Å²) in [4.78, 5) is 39.6. The number of nitrogens with one attached hydrogen (secondary N) is 1. The number of hydrogen-bond donors (Lipinski definition) is 1. The fourth-order valence-corrected chi connectivity index (χ4v) is 5.08. The molecule has 2 saturated heterocycles. The minimum absolute atomic E-state index is 0.0688. The molecule has 2 fully saturated rings. The van der Waals surface area contributed by atoms with E-state index in [1.807, 2.05) is 35.2 Å². The van der Waals surface area contributed by atoms with Crippen molar-refractivity contribution >= 4 is 29.5 Å². The molecule has 0 saturated carbocycles. The van der Waals surface area contributed by atoms with Gasteiger partial charge in [-0.05, 0) is 30.7 Å². The number of piperidine rings is 1. The lowest BCUT2D eigenvalue weighted by Crippen LogP contribution is -2.54. The van der Waals surface area contributed by atoms with Crippen molar-refractivity contribution in [3.63, 3.8) is 0 Å². The fraction of sp³-hybridized carbons (Fsp3) is 0.609. The molecule has 0 radical (unpaired) electrons. The van der Waals surface area contributed by atoms with Crippen LogP contribution in [0, 0.1) is 11.8 Å². The summed E-state index contributed by atoms with van der Waals surface area (Å²) in [6.45, 7) is 7.63. The molecule has 0 aromatic heterocycles. The Labute approximate surface area is 188 Å². The molecular weight excluding hydrogens is 416 g/mol. The van der Waals surface area contributed by atoms with Crippen molar-refractivity contribution in [3.8, 4) is 0 Å². The van der Waals surface area contributed by atoms with E-state index in [-0.39, 0.29) is 12.5 Å². The molecule has 8 heteroatoms. The zero-order valence-corrected chi connectivity index (χ0v) is 19.2. The van der Waals surface area contributed by atoms with Crippen LogP contribution in [0.2, 0.25) is 0 Å². The maximum Gasteiger partial charge on any atom is 0.338 e. The van der Waals surface area contributed by atoms with Crippen LogP contribution >= 0.6 is 11.8 Å². The number of nitrogens with zero attached hydrogens (tertiary/aromatic N) is 1. The summed E-state index contributed by atoms with van der Waals surface area (Å²) in [6, 6.07) is 9.35. The number of esters is 1. The Balaban J connectivity index is 1.61. The van der Waals surface area contributed by atoms with Crippen LogP contribution in [0.4, 0.5) is 0 Å². The number of benzene rings is 1. The van der Waals surface area contributed by atoms with Crippen LogP contribution in [0.25, 0.3) is 0 Å². The molecule has 2 aliphatic rings. The molecule has 0 aliphatic carbocycles. The van der Waals surface area contributed by atoms with E-state index in [1.54, 1.807) is 18.7 Å². The molecule has 0 spiro atoms. The van der Waals surface area contributed by atoms with E-state index in [1.165, 1.54) is 0 Å². The van der Waals surface area contributed by atoms with Gasteiger partial charge in [0.05, 0.1) is 6.61 Å². The van der Waals surface area contributed by atoms with E-state index in [9.17, 15) is 14.4 Å². The summed E-state index contributed by atoms with van der Waals surface area (Å²) in [5.74, 6) is 1.02. The number of ether oxygens (including phenoxy) is 2. The lowest BCUT2D eigenvalue weighted by atomic mass is 9.91. The Morgan fingerprint density at radius 2 is 1.84 bits per heavy atom. The smallest absolute Gasteiger partial charge is 0.338 e. The van der Waals surface area contributed by atoms with Gasteiger partial charge in [0, 0.05) is 24.6 Å². The summed E-state index contributed by atoms with van der Waals surface area (Å²) in [5, 5.41) is 2.84. The van der Waals surface area contributed by atoms with Crippen LogP contribution < -0.4 is 5.32 Å². The third-order valence-electron chi connectivity index (χ3n) is 5.46. The molecule has 1 aromatic carbocycles. The van der Waals surface area contributed by atoms with Crippen molar-refractivity contribution in [2.45, 2.75) is 51.2 Å². The number of epoxide rings is 1. The zero-order chi connectivity index (χ0) is 22.4. The van der Waals surface area contributed by atoms with Crippen molar-refractivity contribution in [1.29, 1.82) is 0 Å². The van der Waals surface area contributed by atoms with Crippen LogP contribution in [-0.4, -0.2) is 66.4 Å². The summed E-state index contributed by atoms with van der Waals surface area (Å²) in [6.07, 6.45) is -0.656. The van der Waals surface area contributed by atoms with Gasteiger partial charge in [-0.15, -0.1) is 0 Å². The first-order valence-corrected chi connectivity index (χ1v) is 12.1. The maximum atomic E-state index is 13.3. The van der Waals surface area contributed by atoms with Crippen LogP contribution in [0.3, 0.4) is 0 Å². The Morgan fingerprint density at radius 3 is 2.48 bits per heavy atom. The van der Waals surface area contributed by atoms with Gasteiger partial charge in [0.1, 0.15) is 6.04 Å². The minimum Gasteiger partial charge on any atom is -0.464 e. The summed E-state index contributed by atoms with van der Waals surface area (Å²) < 4.78 is 10.1. The quantitative estimate of drug-likeness (QED) is 0.460. The molecular formula is C23H32N2O5S. The average molecular weight is 449 g/mol. The second-order valence-electron chi connectivity index (χ2n) is 8.48. The fourth-order valence-electron chi connectivity index (χ4n) is 4.08. The van der Waals surface area contributed by atoms with Gasteiger partial charge in [0.2, 0.25) is 5.91 Å². The van der Waals surface area contributed by atoms with E-state index < -0.39 is 30.1 Å². The first-order valence-electron chi connectivity index (χ1n) is 10.9. The Kier molecular flexibility index (Phi) is 8.37. The number of rotatable bonds is 9. The molecule has 2 unspecified atom stereocenters. The molecule has 3 rings (SSSR count). The minimum atomic E-state index is -0.882. The normalized spacial score (nSPS) is 26.1. The largest absolute Gasteiger partial charge is 0.464 e. The highest BCUT2D eigenvalue weighted by molar-refractivity contribution is 7.98. The van der Waals surface area contributed by atoms with Crippen molar-refractivity contribution in [3.05, 3.63) is 35.9 Å². The van der Waals surface area contributed by atoms with E-state index in [0.717, 1.165) is 17.7 Å². The predicted molar refractivity (Wildman–Crippen MR) is 119 cm³/mol. The van der Waals surface area contributed by atoms with Gasteiger partial charge in [-0.3, -0.25) is 9.59 Å². The molecule has 7 nitrogen and oxygen atoms in total. The number of carbonyl (C=O) groups is 3. The van der Waals surface area contributed by atoms with Gasteiger partial charge >= 0.3 is 5.97 Å². The highest BCUT2D eigenvalue weighted by atomic mass is 32.2. The molecule has 0 bridgehead atoms. The molecule has 1 aromatic rings. The van der Waals surface area contributed by atoms with Gasteiger partial charge in [-0.1, -0.05) is 44.2 Å². The highest BCUT2D eigenvalue weighted by Gasteiger charge is 2.52. The molecule has 1 N–H and O–H groups in total. The van der Waals surface area contributed by atoms with Gasteiger partial charge < -0.3 is 19.7 Å². The molecule has 5 atom stereocenters. The zero-order valence-electron chi connectivity index (χ0n) is 18.4. The number of amides is 2. The number of carbonyl (C=O) groups excluding carboxylic acids is 3. The molecule has 2 amide bonds. The summed E-state index contributed by atoms with van der Waals surface area (Å²) in [7, 11) is 0. The molecule has 31 heavy (non-hydrogen) atoms. The van der Waals surface area contributed by atoms with Gasteiger partial charge in [-0.2, -0.15) is 11.8 Å². The number of hydrogen-bond acceptors (Lipinski definition) is 6. The molecule has 170 valence electrons. The van der Waals surface area contributed by atoms with Crippen molar-refractivity contribution in [2.24, 2.45) is 11.8 Å². The topological polar surface area (TPSA) is 88.2 Å². The van der Waals surface area contributed by atoms with Crippen LogP contribution in [-0.2, 0) is 29.6 Å². The lowest BCUT2D eigenvalue weighted by molar-refractivity contribution is -0.144. The highest BCUT2D eigenvalue weighted by Crippen LogP contribution is 2.25. The van der Waals surface area contributed by atoms with Crippen LogP contribution in [0.15, 0.2) is 30.3 Å². The predicted octanol–water partition coefficient (Wildman–Crippen LogP) is 2.24. The monoisotopic (exact) mass is 448 g/mol.